The SMILES string of the molecule is CC/C=C\C/C=C\C/C=C\CCCCCC(=O)OC(COCCCCCCCCCCCCC)COP(=O)(O)OCC(N)C(=O)O. The Bertz CT molecular complexity index is 878. The van der Waals surface area contributed by atoms with Crippen LogP contribution in [0.2, 0.25) is 0 Å². The zero-order valence-corrected chi connectivity index (χ0v) is 29.6. The van der Waals surface area contributed by atoms with Crippen LogP contribution >= 0.6 is 7.82 Å². The lowest BCUT2D eigenvalue weighted by Crippen LogP contribution is -2.34. The molecule has 0 aliphatic rings. The lowest BCUT2D eigenvalue weighted by Gasteiger charge is -2.20. The first-order chi connectivity index (χ1) is 22.2. The number of phosphoric ester groups is 1. The number of carboxylic acids is 1. The molecule has 0 saturated heterocycles. The number of hydrogen-bond acceptors (Lipinski definition) is 8. The molecular formula is C35H64NO9P. The van der Waals surface area contributed by atoms with Crippen molar-refractivity contribution < 1.29 is 42.7 Å². The molecule has 3 unspecified atom stereocenters. The van der Waals surface area contributed by atoms with E-state index in [4.69, 9.17) is 24.8 Å². The van der Waals surface area contributed by atoms with Crippen LogP contribution in [0.25, 0.3) is 0 Å². The largest absolute Gasteiger partial charge is 0.480 e. The average Bonchev–Trinajstić information content (AvgIpc) is 3.03. The number of carboxylic acid groups (broad SMARTS) is 1. The number of rotatable bonds is 33. The van der Waals surface area contributed by atoms with E-state index in [1.807, 2.05) is 0 Å². The predicted octanol–water partition coefficient (Wildman–Crippen LogP) is 8.58. The van der Waals surface area contributed by atoms with Gasteiger partial charge in [-0.25, -0.2) is 4.57 Å². The highest BCUT2D eigenvalue weighted by atomic mass is 31.2. The molecule has 0 fully saturated rings. The van der Waals surface area contributed by atoms with Crippen molar-refractivity contribution in [2.75, 3.05) is 26.4 Å². The highest BCUT2D eigenvalue weighted by Crippen LogP contribution is 2.43. The third-order valence-corrected chi connectivity index (χ3v) is 8.13. The summed E-state index contributed by atoms with van der Waals surface area (Å²) in [7, 11) is -4.61. The second kappa shape index (κ2) is 31.8. The number of esters is 1. The third-order valence-electron chi connectivity index (χ3n) is 7.18. The highest BCUT2D eigenvalue weighted by molar-refractivity contribution is 7.47. The van der Waals surface area contributed by atoms with Crippen LogP contribution in [0.3, 0.4) is 0 Å². The maximum Gasteiger partial charge on any atom is 0.472 e. The Morgan fingerprint density at radius 2 is 1.26 bits per heavy atom. The number of nitrogens with two attached hydrogens (primary N) is 1. The lowest BCUT2D eigenvalue weighted by atomic mass is 10.1. The van der Waals surface area contributed by atoms with E-state index in [9.17, 15) is 19.0 Å². The summed E-state index contributed by atoms with van der Waals surface area (Å²) in [6.45, 7) is 3.69. The molecule has 46 heavy (non-hydrogen) atoms. The van der Waals surface area contributed by atoms with Gasteiger partial charge in [0.15, 0.2) is 0 Å². The van der Waals surface area contributed by atoms with E-state index < -0.39 is 45.1 Å². The monoisotopic (exact) mass is 673 g/mol. The zero-order valence-electron chi connectivity index (χ0n) is 28.7. The van der Waals surface area contributed by atoms with Crippen LogP contribution in [0.4, 0.5) is 0 Å². The molecule has 0 aliphatic carbocycles. The molecule has 11 heteroatoms. The fraction of sp³-hybridized carbons (Fsp3) is 0.771. The van der Waals surface area contributed by atoms with Crippen LogP contribution in [0.5, 0.6) is 0 Å². The van der Waals surface area contributed by atoms with Crippen molar-refractivity contribution >= 4 is 19.8 Å². The van der Waals surface area contributed by atoms with Gasteiger partial charge in [0.1, 0.15) is 12.1 Å². The van der Waals surface area contributed by atoms with Gasteiger partial charge < -0.3 is 25.2 Å². The second-order valence-electron chi connectivity index (χ2n) is 11.6. The van der Waals surface area contributed by atoms with E-state index in [-0.39, 0.29) is 13.0 Å². The van der Waals surface area contributed by atoms with E-state index in [1.54, 1.807) is 0 Å². The van der Waals surface area contributed by atoms with Gasteiger partial charge in [-0.2, -0.15) is 0 Å². The first kappa shape index (κ1) is 44.2. The van der Waals surface area contributed by atoms with Gasteiger partial charge >= 0.3 is 19.8 Å². The molecule has 0 aliphatic heterocycles. The summed E-state index contributed by atoms with van der Waals surface area (Å²) >= 11 is 0. The highest BCUT2D eigenvalue weighted by Gasteiger charge is 2.27. The summed E-state index contributed by atoms with van der Waals surface area (Å²) in [6, 6.07) is -1.47. The van der Waals surface area contributed by atoms with Gasteiger partial charge in [0, 0.05) is 13.0 Å². The van der Waals surface area contributed by atoms with E-state index >= 15 is 0 Å². The molecule has 0 radical (unpaired) electrons. The van der Waals surface area contributed by atoms with Crippen LogP contribution in [0.1, 0.15) is 136 Å². The van der Waals surface area contributed by atoms with Gasteiger partial charge in [-0.05, 0) is 44.9 Å². The summed E-state index contributed by atoms with van der Waals surface area (Å²) in [5.41, 5.74) is 5.32. The Balaban J connectivity index is 4.41. The second-order valence-corrected chi connectivity index (χ2v) is 13.1. The van der Waals surface area contributed by atoms with Crippen LogP contribution in [0, 0.1) is 0 Å². The number of unbranched alkanes of at least 4 members (excludes halogenated alkanes) is 13. The molecule has 0 amide bonds. The minimum absolute atomic E-state index is 0.00622. The Kier molecular flexibility index (Phi) is 30.5. The summed E-state index contributed by atoms with van der Waals surface area (Å²) in [5.74, 6) is -1.81. The van der Waals surface area contributed by atoms with Crippen molar-refractivity contribution in [3.8, 4) is 0 Å². The number of carbonyl (C=O) groups excluding carboxylic acids is 1. The molecule has 4 N–H and O–H groups in total. The maximum absolute atomic E-state index is 12.5. The number of hydrogen-bond donors (Lipinski definition) is 3. The zero-order chi connectivity index (χ0) is 34.1. The maximum atomic E-state index is 12.5. The van der Waals surface area contributed by atoms with Gasteiger partial charge in [0.05, 0.1) is 19.8 Å². The average molecular weight is 674 g/mol. The number of ether oxygens (including phenoxy) is 2. The van der Waals surface area contributed by atoms with E-state index in [1.165, 1.54) is 51.4 Å². The molecule has 0 spiro atoms. The number of aliphatic carboxylic acids is 1. The Hall–Kier alpha value is -1.81. The van der Waals surface area contributed by atoms with Crippen molar-refractivity contribution in [3.05, 3.63) is 36.5 Å². The van der Waals surface area contributed by atoms with Crippen molar-refractivity contribution in [3.63, 3.8) is 0 Å². The molecular weight excluding hydrogens is 609 g/mol. The molecule has 0 heterocycles. The van der Waals surface area contributed by atoms with Crippen molar-refractivity contribution in [2.45, 2.75) is 148 Å². The van der Waals surface area contributed by atoms with Crippen LogP contribution in [-0.2, 0) is 32.7 Å². The predicted molar refractivity (Wildman–Crippen MR) is 185 cm³/mol. The first-order valence-electron chi connectivity index (χ1n) is 17.5. The normalized spacial score (nSPS) is 14.7. The van der Waals surface area contributed by atoms with Gasteiger partial charge in [0.2, 0.25) is 0 Å². The van der Waals surface area contributed by atoms with Crippen LogP contribution in [0.15, 0.2) is 36.5 Å². The Morgan fingerprint density at radius 3 is 1.87 bits per heavy atom. The summed E-state index contributed by atoms with van der Waals surface area (Å²) in [4.78, 5) is 33.3. The molecule has 268 valence electrons. The minimum Gasteiger partial charge on any atom is -0.480 e. The molecule has 0 saturated carbocycles. The Morgan fingerprint density at radius 1 is 0.717 bits per heavy atom. The first-order valence-corrected chi connectivity index (χ1v) is 19.0. The van der Waals surface area contributed by atoms with Gasteiger partial charge in [-0.1, -0.05) is 121 Å². The smallest absolute Gasteiger partial charge is 0.472 e. The summed E-state index contributed by atoms with van der Waals surface area (Å²) in [5, 5.41) is 8.84. The van der Waals surface area contributed by atoms with Crippen molar-refractivity contribution in [1.29, 1.82) is 0 Å². The summed E-state index contributed by atoms with van der Waals surface area (Å²) < 4.78 is 33.1. The van der Waals surface area contributed by atoms with Gasteiger partial charge in [-0.15, -0.1) is 0 Å². The van der Waals surface area contributed by atoms with E-state index in [2.05, 4.69) is 54.8 Å². The molecule has 0 aromatic heterocycles. The fourth-order valence-electron chi connectivity index (χ4n) is 4.44. The van der Waals surface area contributed by atoms with Crippen molar-refractivity contribution in [2.24, 2.45) is 5.73 Å². The number of allylic oxidation sites excluding steroid dienone is 6. The molecule has 0 rings (SSSR count). The van der Waals surface area contributed by atoms with E-state index in [0.717, 1.165) is 57.8 Å². The molecule has 10 nitrogen and oxygen atoms in total. The van der Waals surface area contributed by atoms with Gasteiger partial charge in [0.25, 0.3) is 0 Å². The molecule has 0 bridgehead atoms. The van der Waals surface area contributed by atoms with Crippen LogP contribution < -0.4 is 5.73 Å². The van der Waals surface area contributed by atoms with E-state index in [0.29, 0.717) is 13.0 Å². The quantitative estimate of drug-likeness (QED) is 0.0267. The topological polar surface area (TPSA) is 155 Å². The number of phosphoric acid groups is 1. The van der Waals surface area contributed by atoms with Crippen LogP contribution in [-0.4, -0.2) is 60.5 Å². The third kappa shape index (κ3) is 30.8. The lowest BCUT2D eigenvalue weighted by molar-refractivity contribution is -0.154. The summed E-state index contributed by atoms with van der Waals surface area (Å²) in [6.07, 6.45) is 32.0. The van der Waals surface area contributed by atoms with Crippen molar-refractivity contribution in [1.82, 2.24) is 0 Å². The molecule has 0 aromatic rings. The Labute approximate surface area is 278 Å². The number of carbonyl (C=O) groups is 2. The molecule has 3 atom stereocenters. The fourth-order valence-corrected chi connectivity index (χ4v) is 5.22. The minimum atomic E-state index is -4.61. The standard InChI is InChI=1S/C35H64NO9P/c1-3-5-7-9-11-13-15-16-17-19-21-23-25-27-34(37)45-32(30-43-46(40,41)44-31-33(36)35(38)39)29-42-28-26-24-22-20-18-14-12-10-8-6-4-2/h5,7,11,13,16-17,32-33H,3-4,6,8-10,12,14-15,18-31,36H2,1-2H3,(H,38,39)(H,40,41)/b7-5-,13-11-,17-16-. The molecule has 0 aromatic carbocycles. The van der Waals surface area contributed by atoms with Gasteiger partial charge in [-0.3, -0.25) is 18.6 Å².